The molecule has 0 aliphatic carbocycles. The van der Waals surface area contributed by atoms with Crippen molar-refractivity contribution in [2.24, 2.45) is 0 Å². The largest absolute Gasteiger partial charge is 0.483 e. The monoisotopic (exact) mass is 542 g/mol. The number of carbonyl (C=O) groups excluding carboxylic acids is 3. The molecule has 7 nitrogen and oxygen atoms in total. The third-order valence-electron chi connectivity index (χ3n) is 5.54. The van der Waals surface area contributed by atoms with Gasteiger partial charge in [0.25, 0.3) is 17.6 Å². The Morgan fingerprint density at radius 2 is 1.42 bits per heavy atom. The van der Waals surface area contributed by atoms with Crippen molar-refractivity contribution >= 4 is 40.9 Å². The molecule has 0 radical (unpaired) electrons. The highest BCUT2D eigenvalue weighted by Crippen LogP contribution is 2.26. The summed E-state index contributed by atoms with van der Waals surface area (Å²) in [4.78, 5) is 37.5. The topological polar surface area (TPSA) is 93.7 Å². The van der Waals surface area contributed by atoms with Crippen LogP contribution in [0.4, 0.5) is 20.2 Å². The van der Waals surface area contributed by atoms with E-state index in [0.717, 1.165) is 6.42 Å². The van der Waals surface area contributed by atoms with Gasteiger partial charge in [-0.1, -0.05) is 49.9 Å². The molecule has 0 aromatic heterocycles. The van der Waals surface area contributed by atoms with Gasteiger partial charge in [-0.2, -0.15) is 8.78 Å². The fourth-order valence-corrected chi connectivity index (χ4v) is 3.86. The lowest BCUT2D eigenvalue weighted by atomic mass is 9.99. The number of amides is 2. The van der Waals surface area contributed by atoms with Crippen molar-refractivity contribution in [3.63, 3.8) is 0 Å². The van der Waals surface area contributed by atoms with Gasteiger partial charge in [-0.05, 0) is 66.4 Å². The van der Waals surface area contributed by atoms with Crippen LogP contribution in [-0.2, 0) is 14.3 Å². The van der Waals surface area contributed by atoms with Crippen molar-refractivity contribution in [1.29, 1.82) is 0 Å². The van der Waals surface area contributed by atoms with Crippen molar-refractivity contribution in [2.75, 3.05) is 23.8 Å². The molecule has 0 fully saturated rings. The van der Waals surface area contributed by atoms with Gasteiger partial charge >= 0.3 is 5.97 Å². The number of benzene rings is 3. The van der Waals surface area contributed by atoms with Crippen molar-refractivity contribution < 1.29 is 32.6 Å². The summed E-state index contributed by atoms with van der Waals surface area (Å²) < 4.78 is 35.5. The molecule has 1 unspecified atom stereocenters. The molecule has 0 aliphatic heterocycles. The normalized spacial score (nSPS) is 11.5. The lowest BCUT2D eigenvalue weighted by molar-refractivity contribution is -0.119. The van der Waals surface area contributed by atoms with E-state index in [0.29, 0.717) is 34.0 Å². The second-order valence-electron chi connectivity index (χ2n) is 8.29. The maximum atomic E-state index is 12.6. The minimum Gasteiger partial charge on any atom is -0.483 e. The zero-order valence-corrected chi connectivity index (χ0v) is 21.7. The Hall–Kier alpha value is -3.92. The van der Waals surface area contributed by atoms with Crippen molar-refractivity contribution in [3.05, 3.63) is 83.9 Å². The molecule has 3 rings (SSSR count). The second kappa shape index (κ2) is 14.1. The molecule has 0 saturated heterocycles. The smallest absolute Gasteiger partial charge is 0.342 e. The van der Waals surface area contributed by atoms with E-state index in [1.54, 1.807) is 24.3 Å². The molecule has 0 bridgehead atoms. The van der Waals surface area contributed by atoms with Crippen LogP contribution in [0.5, 0.6) is 5.75 Å². The highest BCUT2D eigenvalue weighted by atomic mass is 32.2. The predicted molar refractivity (Wildman–Crippen MR) is 143 cm³/mol. The Kier molecular flexibility index (Phi) is 10.7. The van der Waals surface area contributed by atoms with Gasteiger partial charge in [0.2, 0.25) is 0 Å². The van der Waals surface area contributed by atoms with Crippen LogP contribution < -0.4 is 15.4 Å². The summed E-state index contributed by atoms with van der Waals surface area (Å²) in [5.74, 6) is -3.80. The third-order valence-corrected chi connectivity index (χ3v) is 6.26. The minimum atomic E-state index is -2.53. The van der Waals surface area contributed by atoms with Crippen LogP contribution in [0.2, 0.25) is 0 Å². The first-order valence-electron chi connectivity index (χ1n) is 11.9. The number of esters is 1. The van der Waals surface area contributed by atoms with Crippen molar-refractivity contribution in [3.8, 4) is 5.75 Å². The van der Waals surface area contributed by atoms with Crippen molar-refractivity contribution in [1.82, 2.24) is 0 Å². The molecule has 38 heavy (non-hydrogen) atoms. The molecule has 10 heteroatoms. The molecule has 0 saturated carbocycles. The molecule has 0 spiro atoms. The molecule has 1 atom stereocenters. The number of halogens is 2. The zero-order valence-electron chi connectivity index (χ0n) is 20.9. The first-order chi connectivity index (χ1) is 18.2. The Bertz CT molecular complexity index is 1240. The number of ether oxygens (including phenoxy) is 2. The molecular weight excluding hydrogens is 514 g/mol. The number of anilines is 2. The van der Waals surface area contributed by atoms with E-state index in [9.17, 15) is 23.2 Å². The summed E-state index contributed by atoms with van der Waals surface area (Å²) in [5.41, 5.74) is 2.23. The maximum Gasteiger partial charge on any atom is 0.342 e. The number of carbonyl (C=O) groups is 3. The van der Waals surface area contributed by atoms with Gasteiger partial charge in [-0.15, -0.1) is 0 Å². The number of para-hydroxylation sites is 1. The standard InChI is InChI=1S/C28H28F2N2O5S/c1-3-18(2)19-8-10-20(11-9-19)31-26(34)17-37-27(35)23-6-4-5-7-24(23)36-16-25(33)32-21-12-14-22(15-13-21)38-28(29)30/h4-15,18,28H,3,16-17H2,1-2H3,(H,31,34)(H,32,33). The summed E-state index contributed by atoms with van der Waals surface area (Å²) in [6.45, 7) is 3.32. The number of nitrogens with one attached hydrogen (secondary N) is 2. The number of alkyl halides is 2. The van der Waals surface area contributed by atoms with Crippen LogP contribution in [-0.4, -0.2) is 36.8 Å². The van der Waals surface area contributed by atoms with E-state index < -0.39 is 36.8 Å². The molecule has 2 N–H and O–H groups in total. The summed E-state index contributed by atoms with van der Waals surface area (Å²) in [7, 11) is 0. The molecule has 3 aromatic carbocycles. The Morgan fingerprint density at radius 3 is 2.03 bits per heavy atom. The van der Waals surface area contributed by atoms with E-state index in [1.165, 1.54) is 42.0 Å². The minimum absolute atomic E-state index is 0.0550. The number of rotatable bonds is 12. The van der Waals surface area contributed by atoms with Crippen molar-refractivity contribution in [2.45, 2.75) is 36.8 Å². The highest BCUT2D eigenvalue weighted by Gasteiger charge is 2.17. The molecule has 200 valence electrons. The molecule has 2 amide bonds. The molecular formula is C28H28F2N2O5S. The summed E-state index contributed by atoms with van der Waals surface area (Å²) >= 11 is 0.406. The summed E-state index contributed by atoms with van der Waals surface area (Å²) in [6, 6.07) is 19.6. The number of hydrogen-bond acceptors (Lipinski definition) is 6. The summed E-state index contributed by atoms with van der Waals surface area (Å²) in [5, 5.41) is 5.27. The van der Waals surface area contributed by atoms with Crippen LogP contribution in [0.15, 0.2) is 77.7 Å². The first-order valence-corrected chi connectivity index (χ1v) is 12.8. The van der Waals surface area contributed by atoms with Crippen LogP contribution in [0.1, 0.15) is 42.1 Å². The number of thioether (sulfide) groups is 1. The predicted octanol–water partition coefficient (Wildman–Crippen LogP) is 6.33. The maximum absolute atomic E-state index is 12.6. The van der Waals surface area contributed by atoms with Crippen LogP contribution >= 0.6 is 11.8 Å². The van der Waals surface area contributed by atoms with E-state index in [2.05, 4.69) is 24.5 Å². The lowest BCUT2D eigenvalue weighted by Crippen LogP contribution is -2.22. The average Bonchev–Trinajstić information content (AvgIpc) is 2.91. The van der Waals surface area contributed by atoms with Gasteiger partial charge in [0.05, 0.1) is 0 Å². The Balaban J connectivity index is 1.49. The summed E-state index contributed by atoms with van der Waals surface area (Å²) in [6.07, 6.45) is 1.01. The van der Waals surface area contributed by atoms with Gasteiger partial charge in [0, 0.05) is 16.3 Å². The van der Waals surface area contributed by atoms with Gasteiger partial charge in [0.15, 0.2) is 13.2 Å². The van der Waals surface area contributed by atoms with Crippen LogP contribution in [0.3, 0.4) is 0 Å². The van der Waals surface area contributed by atoms with E-state index >= 15 is 0 Å². The van der Waals surface area contributed by atoms with E-state index in [1.807, 2.05) is 12.1 Å². The lowest BCUT2D eigenvalue weighted by Gasteiger charge is -2.12. The Labute approximate surface area is 223 Å². The average molecular weight is 543 g/mol. The molecule has 3 aromatic rings. The zero-order chi connectivity index (χ0) is 27.5. The third kappa shape index (κ3) is 8.88. The highest BCUT2D eigenvalue weighted by molar-refractivity contribution is 7.99. The quantitative estimate of drug-likeness (QED) is 0.205. The van der Waals surface area contributed by atoms with Gasteiger partial charge in [-0.25, -0.2) is 4.79 Å². The first kappa shape index (κ1) is 28.6. The molecule has 0 aliphatic rings. The fraction of sp³-hybridized carbons (Fsp3) is 0.250. The van der Waals surface area contributed by atoms with Crippen LogP contribution in [0, 0.1) is 0 Å². The fourth-order valence-electron chi connectivity index (χ4n) is 3.36. The Morgan fingerprint density at radius 1 is 0.842 bits per heavy atom. The molecule has 0 heterocycles. The SMILES string of the molecule is CCC(C)c1ccc(NC(=O)COC(=O)c2ccccc2OCC(=O)Nc2ccc(SC(F)F)cc2)cc1. The van der Waals surface area contributed by atoms with Gasteiger partial charge < -0.3 is 20.1 Å². The van der Waals surface area contributed by atoms with E-state index in [4.69, 9.17) is 9.47 Å². The second-order valence-corrected chi connectivity index (χ2v) is 9.35. The van der Waals surface area contributed by atoms with Gasteiger partial charge in [-0.3, -0.25) is 9.59 Å². The van der Waals surface area contributed by atoms with Crippen LogP contribution in [0.25, 0.3) is 0 Å². The van der Waals surface area contributed by atoms with Gasteiger partial charge in [0.1, 0.15) is 11.3 Å². The van der Waals surface area contributed by atoms with E-state index in [-0.39, 0.29) is 11.3 Å². The number of hydrogen-bond donors (Lipinski definition) is 2.